The molecule has 5 rings (SSSR count). The quantitative estimate of drug-likeness (QED) is 0.462. The molecule has 0 amide bonds. The van der Waals surface area contributed by atoms with Gasteiger partial charge in [-0.2, -0.15) is 9.61 Å². The molecule has 0 bridgehead atoms. The lowest BCUT2D eigenvalue weighted by atomic mass is 10.1. The highest BCUT2D eigenvalue weighted by Gasteiger charge is 2.22. The van der Waals surface area contributed by atoms with Gasteiger partial charge in [0, 0.05) is 17.6 Å². The molecule has 0 aliphatic rings. The van der Waals surface area contributed by atoms with Crippen LogP contribution in [0.15, 0.2) is 47.1 Å². The van der Waals surface area contributed by atoms with Crippen molar-refractivity contribution in [1.29, 1.82) is 0 Å². The fraction of sp³-hybridized carbons (Fsp3) is 0.150. The maximum atomic E-state index is 5.61. The Morgan fingerprint density at radius 2 is 1.79 bits per heavy atom. The first-order valence-corrected chi connectivity index (χ1v) is 8.86. The molecule has 5 aromatic rings. The summed E-state index contributed by atoms with van der Waals surface area (Å²) in [5.74, 6) is 2.39. The summed E-state index contributed by atoms with van der Waals surface area (Å²) in [6.07, 6.45) is 1.69. The predicted molar refractivity (Wildman–Crippen MR) is 105 cm³/mol. The second-order valence-corrected chi connectivity index (χ2v) is 6.37. The number of pyridine rings is 1. The zero-order valence-electron chi connectivity index (χ0n) is 15.9. The van der Waals surface area contributed by atoms with Crippen LogP contribution in [-0.2, 0) is 0 Å². The SMILES string of the molecule is COc1cccnc1-c1nn2c(-c3cc(C)on3)nnc2c2cccc(OC)c12. The van der Waals surface area contributed by atoms with Gasteiger partial charge in [-0.15, -0.1) is 10.2 Å². The molecule has 0 atom stereocenters. The number of aromatic nitrogens is 6. The summed E-state index contributed by atoms with van der Waals surface area (Å²) in [7, 11) is 3.21. The molecule has 0 saturated heterocycles. The number of hydrogen-bond donors (Lipinski definition) is 0. The topological polar surface area (TPSA) is 100 Å². The van der Waals surface area contributed by atoms with E-state index >= 15 is 0 Å². The molecular weight excluding hydrogens is 372 g/mol. The van der Waals surface area contributed by atoms with Gasteiger partial charge in [-0.1, -0.05) is 17.3 Å². The molecule has 0 fully saturated rings. The largest absolute Gasteiger partial charge is 0.496 e. The van der Waals surface area contributed by atoms with Crippen LogP contribution in [0.3, 0.4) is 0 Å². The first-order chi connectivity index (χ1) is 14.2. The molecule has 0 aliphatic carbocycles. The molecule has 0 N–H and O–H groups in total. The van der Waals surface area contributed by atoms with Crippen LogP contribution in [0, 0.1) is 6.92 Å². The molecule has 4 aromatic heterocycles. The third-order valence-electron chi connectivity index (χ3n) is 4.64. The molecule has 29 heavy (non-hydrogen) atoms. The van der Waals surface area contributed by atoms with Crippen molar-refractivity contribution in [3.63, 3.8) is 0 Å². The summed E-state index contributed by atoms with van der Waals surface area (Å²) in [4.78, 5) is 4.51. The second kappa shape index (κ2) is 6.55. The number of hydrogen-bond acceptors (Lipinski definition) is 8. The van der Waals surface area contributed by atoms with Crippen molar-refractivity contribution < 1.29 is 14.0 Å². The minimum Gasteiger partial charge on any atom is -0.496 e. The van der Waals surface area contributed by atoms with E-state index in [4.69, 9.17) is 19.1 Å². The highest BCUT2D eigenvalue weighted by molar-refractivity contribution is 6.05. The summed E-state index contributed by atoms with van der Waals surface area (Å²) < 4.78 is 18.0. The van der Waals surface area contributed by atoms with Crippen LogP contribution in [0.2, 0.25) is 0 Å². The van der Waals surface area contributed by atoms with Crippen LogP contribution in [0.5, 0.6) is 11.5 Å². The lowest BCUT2D eigenvalue weighted by Gasteiger charge is -2.13. The summed E-state index contributed by atoms with van der Waals surface area (Å²) in [6, 6.07) is 11.1. The maximum absolute atomic E-state index is 5.61. The molecular formula is C20H16N6O3. The van der Waals surface area contributed by atoms with Crippen molar-refractivity contribution in [3.05, 3.63) is 48.4 Å². The fourth-order valence-corrected chi connectivity index (χ4v) is 3.35. The van der Waals surface area contributed by atoms with Gasteiger partial charge in [-0.05, 0) is 25.1 Å². The summed E-state index contributed by atoms with van der Waals surface area (Å²) in [5.41, 5.74) is 2.29. The van der Waals surface area contributed by atoms with E-state index in [1.807, 2.05) is 37.3 Å². The molecule has 0 aliphatic heterocycles. The third-order valence-corrected chi connectivity index (χ3v) is 4.64. The normalized spacial score (nSPS) is 11.3. The van der Waals surface area contributed by atoms with Gasteiger partial charge >= 0.3 is 0 Å². The molecule has 1 aromatic carbocycles. The van der Waals surface area contributed by atoms with Crippen LogP contribution < -0.4 is 9.47 Å². The average molecular weight is 388 g/mol. The van der Waals surface area contributed by atoms with Gasteiger partial charge in [0.25, 0.3) is 0 Å². The Kier molecular flexibility index (Phi) is 3.87. The number of methoxy groups -OCH3 is 2. The molecule has 0 spiro atoms. The molecule has 0 unspecified atom stereocenters. The number of benzene rings is 1. The Bertz CT molecular complexity index is 1360. The van der Waals surface area contributed by atoms with Gasteiger partial charge in [0.1, 0.15) is 28.6 Å². The first kappa shape index (κ1) is 17.1. The first-order valence-electron chi connectivity index (χ1n) is 8.86. The summed E-state index contributed by atoms with van der Waals surface area (Å²) >= 11 is 0. The smallest absolute Gasteiger partial charge is 0.207 e. The monoisotopic (exact) mass is 388 g/mol. The minimum atomic E-state index is 0.470. The number of ether oxygens (including phenoxy) is 2. The van der Waals surface area contributed by atoms with E-state index in [0.29, 0.717) is 45.8 Å². The average Bonchev–Trinajstić information content (AvgIpc) is 3.38. The maximum Gasteiger partial charge on any atom is 0.207 e. The van der Waals surface area contributed by atoms with E-state index in [2.05, 4.69) is 20.3 Å². The van der Waals surface area contributed by atoms with Crippen molar-refractivity contribution in [2.45, 2.75) is 6.92 Å². The van der Waals surface area contributed by atoms with Crippen molar-refractivity contribution in [3.8, 4) is 34.4 Å². The standard InChI is InChI=1S/C20H16N6O3/c1-11-10-13(25-29-11)20-23-22-19-12-6-4-7-14(27-2)16(12)18(24-26(19)20)17-15(28-3)8-5-9-21-17/h4-10H,1-3H3. The molecule has 4 heterocycles. The third kappa shape index (κ3) is 2.59. The molecule has 9 nitrogen and oxygen atoms in total. The minimum absolute atomic E-state index is 0.470. The summed E-state index contributed by atoms with van der Waals surface area (Å²) in [6.45, 7) is 1.82. The number of rotatable bonds is 4. The Labute approximate surface area is 164 Å². The number of fused-ring (bicyclic) bond motifs is 3. The summed E-state index contributed by atoms with van der Waals surface area (Å²) in [5, 5.41) is 19.1. The Balaban J connectivity index is 1.93. The zero-order valence-corrected chi connectivity index (χ0v) is 15.9. The van der Waals surface area contributed by atoms with Gasteiger partial charge in [0.05, 0.1) is 19.6 Å². The number of aryl methyl sites for hydroxylation is 1. The van der Waals surface area contributed by atoms with E-state index in [1.165, 1.54) is 0 Å². The van der Waals surface area contributed by atoms with Crippen molar-refractivity contribution in [1.82, 2.24) is 30.0 Å². The van der Waals surface area contributed by atoms with Gasteiger partial charge in [0.15, 0.2) is 11.3 Å². The second-order valence-electron chi connectivity index (χ2n) is 6.37. The van der Waals surface area contributed by atoms with Crippen LogP contribution in [0.25, 0.3) is 39.3 Å². The molecule has 0 saturated carbocycles. The molecule has 9 heteroatoms. The molecule has 0 radical (unpaired) electrons. The van der Waals surface area contributed by atoms with E-state index < -0.39 is 0 Å². The Morgan fingerprint density at radius 3 is 2.55 bits per heavy atom. The van der Waals surface area contributed by atoms with Crippen molar-refractivity contribution in [2.24, 2.45) is 0 Å². The van der Waals surface area contributed by atoms with Gasteiger partial charge in [-0.3, -0.25) is 4.98 Å². The van der Waals surface area contributed by atoms with Crippen LogP contribution >= 0.6 is 0 Å². The Hall–Kier alpha value is -4.01. The lowest BCUT2D eigenvalue weighted by molar-refractivity contribution is 0.399. The van der Waals surface area contributed by atoms with Gasteiger partial charge in [-0.25, -0.2) is 0 Å². The van der Waals surface area contributed by atoms with E-state index in [0.717, 1.165) is 10.8 Å². The van der Waals surface area contributed by atoms with Crippen LogP contribution in [-0.4, -0.2) is 44.2 Å². The highest BCUT2D eigenvalue weighted by atomic mass is 16.5. The van der Waals surface area contributed by atoms with Crippen molar-refractivity contribution in [2.75, 3.05) is 14.2 Å². The highest BCUT2D eigenvalue weighted by Crippen LogP contribution is 2.38. The fourth-order valence-electron chi connectivity index (χ4n) is 3.35. The van der Waals surface area contributed by atoms with Crippen LogP contribution in [0.1, 0.15) is 5.76 Å². The van der Waals surface area contributed by atoms with Gasteiger partial charge in [0.2, 0.25) is 5.82 Å². The van der Waals surface area contributed by atoms with Crippen LogP contribution in [0.4, 0.5) is 0 Å². The van der Waals surface area contributed by atoms with Crippen molar-refractivity contribution >= 4 is 16.4 Å². The zero-order chi connectivity index (χ0) is 20.0. The van der Waals surface area contributed by atoms with Gasteiger partial charge < -0.3 is 14.0 Å². The van der Waals surface area contributed by atoms with E-state index in [9.17, 15) is 0 Å². The predicted octanol–water partition coefficient (Wildman–Crippen LogP) is 3.32. The number of nitrogens with zero attached hydrogens (tertiary/aromatic N) is 6. The van der Waals surface area contributed by atoms with E-state index in [-0.39, 0.29) is 0 Å². The molecule has 144 valence electrons. The lowest BCUT2D eigenvalue weighted by Crippen LogP contribution is -2.03. The van der Waals surface area contributed by atoms with E-state index in [1.54, 1.807) is 31.0 Å². The Morgan fingerprint density at radius 1 is 0.966 bits per heavy atom.